The second-order valence-corrected chi connectivity index (χ2v) is 5.02. The Hall–Kier alpha value is -3.48. The van der Waals surface area contributed by atoms with E-state index in [9.17, 15) is 24.9 Å². The number of hydrogen-bond donors (Lipinski definition) is 3. The number of carbonyl (C=O) groups is 2. The fourth-order valence-corrected chi connectivity index (χ4v) is 2.88. The molecule has 114 valence electrons. The molecule has 0 aliphatic heterocycles. The number of carboxylic acids is 2. The molecule has 0 saturated heterocycles. The van der Waals surface area contributed by atoms with Gasteiger partial charge < -0.3 is 24.2 Å². The Morgan fingerprint density at radius 1 is 0.826 bits per heavy atom. The number of hydrogen-bond acceptors (Lipinski definition) is 5. The van der Waals surface area contributed by atoms with Crippen molar-refractivity contribution in [3.63, 3.8) is 0 Å². The van der Waals surface area contributed by atoms with E-state index in [0.29, 0.717) is 5.39 Å². The normalized spacial score (nSPS) is 11.5. The predicted molar refractivity (Wildman–Crippen MR) is 79.1 cm³/mol. The summed E-state index contributed by atoms with van der Waals surface area (Å²) in [5.74, 6) is -2.63. The van der Waals surface area contributed by atoms with Gasteiger partial charge in [0.15, 0.2) is 0 Å². The van der Waals surface area contributed by atoms with E-state index in [1.807, 2.05) is 0 Å². The van der Waals surface area contributed by atoms with Crippen LogP contribution in [0.4, 0.5) is 0 Å². The summed E-state index contributed by atoms with van der Waals surface area (Å²) in [7, 11) is 0. The van der Waals surface area contributed by atoms with Gasteiger partial charge in [-0.3, -0.25) is 0 Å². The minimum Gasteiger partial charge on any atom is -0.507 e. The highest BCUT2D eigenvalue weighted by molar-refractivity contribution is 6.30. The number of aromatic hydroxyl groups is 1. The first-order valence-corrected chi connectivity index (χ1v) is 6.53. The summed E-state index contributed by atoms with van der Waals surface area (Å²) in [4.78, 5) is 22.9. The van der Waals surface area contributed by atoms with E-state index >= 15 is 0 Å². The molecule has 0 saturated carbocycles. The molecule has 7 nitrogen and oxygen atoms in total. The lowest BCUT2D eigenvalue weighted by Gasteiger charge is -2.04. The molecule has 0 fully saturated rings. The molecular formula is C16H8O7. The van der Waals surface area contributed by atoms with Crippen molar-refractivity contribution in [2.45, 2.75) is 0 Å². The van der Waals surface area contributed by atoms with Crippen LogP contribution < -0.4 is 0 Å². The lowest BCUT2D eigenvalue weighted by molar-refractivity contribution is 0.0685. The monoisotopic (exact) mass is 312 g/mol. The summed E-state index contributed by atoms with van der Waals surface area (Å²) in [6.45, 7) is 0. The molecule has 2 aromatic carbocycles. The van der Waals surface area contributed by atoms with Gasteiger partial charge in [-0.2, -0.15) is 0 Å². The summed E-state index contributed by atoms with van der Waals surface area (Å²) in [5.41, 5.74) is -0.0743. The van der Waals surface area contributed by atoms with Gasteiger partial charge in [-0.25, -0.2) is 9.59 Å². The molecule has 2 aromatic heterocycles. The maximum absolute atomic E-state index is 11.4. The van der Waals surface area contributed by atoms with Crippen molar-refractivity contribution in [1.29, 1.82) is 0 Å². The van der Waals surface area contributed by atoms with Gasteiger partial charge in [0.25, 0.3) is 0 Å². The van der Waals surface area contributed by atoms with Gasteiger partial charge in [-0.05, 0) is 6.07 Å². The van der Waals surface area contributed by atoms with Crippen LogP contribution in [0.1, 0.15) is 20.7 Å². The lowest BCUT2D eigenvalue weighted by Crippen LogP contribution is -1.97. The second kappa shape index (κ2) is 4.26. The Kier molecular flexibility index (Phi) is 2.45. The van der Waals surface area contributed by atoms with E-state index in [1.165, 1.54) is 6.07 Å². The van der Waals surface area contributed by atoms with Crippen molar-refractivity contribution >= 4 is 44.6 Å². The number of furan rings is 2. The van der Waals surface area contributed by atoms with Crippen molar-refractivity contribution in [1.82, 2.24) is 0 Å². The SMILES string of the molecule is O=C(O)c1coc2c3cccc(O)c3c3occ(C(=O)O)c3c12. The molecule has 0 bridgehead atoms. The number of phenols is 1. The van der Waals surface area contributed by atoms with Crippen LogP contribution in [-0.4, -0.2) is 27.3 Å². The molecule has 0 aliphatic carbocycles. The van der Waals surface area contributed by atoms with Crippen LogP contribution in [0.3, 0.4) is 0 Å². The molecule has 0 amide bonds. The Balaban J connectivity index is 2.42. The summed E-state index contributed by atoms with van der Waals surface area (Å²) in [5, 5.41) is 29.7. The Morgan fingerprint density at radius 3 is 2.00 bits per heavy atom. The highest BCUT2D eigenvalue weighted by Crippen LogP contribution is 2.43. The number of carboxylic acid groups (broad SMARTS) is 2. The van der Waals surface area contributed by atoms with E-state index in [4.69, 9.17) is 8.83 Å². The summed E-state index contributed by atoms with van der Waals surface area (Å²) < 4.78 is 10.7. The van der Waals surface area contributed by atoms with Crippen LogP contribution in [0, 0.1) is 0 Å². The first-order valence-electron chi connectivity index (χ1n) is 6.53. The molecule has 3 N–H and O–H groups in total. The number of benzene rings is 2. The van der Waals surface area contributed by atoms with Crippen LogP contribution in [0.25, 0.3) is 32.7 Å². The van der Waals surface area contributed by atoms with Gasteiger partial charge in [0.05, 0.1) is 5.39 Å². The molecule has 2 heterocycles. The Bertz CT molecular complexity index is 1130. The molecule has 4 aromatic rings. The number of aromatic carboxylic acids is 2. The molecule has 0 aliphatic rings. The van der Waals surface area contributed by atoms with Gasteiger partial charge in [-0.15, -0.1) is 0 Å². The zero-order valence-corrected chi connectivity index (χ0v) is 11.4. The zero-order chi connectivity index (χ0) is 16.3. The molecule has 0 spiro atoms. The third-order valence-electron chi connectivity index (χ3n) is 3.81. The van der Waals surface area contributed by atoms with E-state index in [-0.39, 0.29) is 44.2 Å². The summed E-state index contributed by atoms with van der Waals surface area (Å²) in [6, 6.07) is 4.64. The van der Waals surface area contributed by atoms with E-state index in [2.05, 4.69) is 0 Å². The minimum absolute atomic E-state index is 0.0904. The van der Waals surface area contributed by atoms with Crippen molar-refractivity contribution in [2.24, 2.45) is 0 Å². The lowest BCUT2D eigenvalue weighted by atomic mass is 9.99. The van der Waals surface area contributed by atoms with Gasteiger partial charge in [0.1, 0.15) is 40.6 Å². The fraction of sp³-hybridized carbons (Fsp3) is 0. The van der Waals surface area contributed by atoms with Crippen LogP contribution in [0.2, 0.25) is 0 Å². The average Bonchev–Trinajstić information content (AvgIpc) is 3.11. The molecule has 7 heteroatoms. The molecule has 0 unspecified atom stereocenters. The van der Waals surface area contributed by atoms with E-state index in [1.54, 1.807) is 12.1 Å². The van der Waals surface area contributed by atoms with E-state index in [0.717, 1.165) is 12.5 Å². The first kappa shape index (κ1) is 13.2. The van der Waals surface area contributed by atoms with Crippen LogP contribution in [-0.2, 0) is 0 Å². The highest BCUT2D eigenvalue weighted by Gasteiger charge is 2.26. The molecule has 0 atom stereocenters. The smallest absolute Gasteiger partial charge is 0.339 e. The number of phenolic OH excluding ortho intramolecular Hbond substituents is 1. The first-order chi connectivity index (χ1) is 11.0. The average molecular weight is 312 g/mol. The topological polar surface area (TPSA) is 121 Å². The maximum Gasteiger partial charge on any atom is 0.339 e. The molecule has 0 radical (unpaired) electrons. The number of fused-ring (bicyclic) bond motifs is 6. The third kappa shape index (κ3) is 1.58. The molecule has 23 heavy (non-hydrogen) atoms. The summed E-state index contributed by atoms with van der Waals surface area (Å²) >= 11 is 0. The largest absolute Gasteiger partial charge is 0.507 e. The van der Waals surface area contributed by atoms with E-state index < -0.39 is 11.9 Å². The molecule has 4 rings (SSSR count). The third-order valence-corrected chi connectivity index (χ3v) is 3.81. The predicted octanol–water partition coefficient (Wildman–Crippen LogP) is 3.43. The zero-order valence-electron chi connectivity index (χ0n) is 11.4. The summed E-state index contributed by atoms with van der Waals surface area (Å²) in [6.07, 6.45) is 2.07. The van der Waals surface area contributed by atoms with Crippen molar-refractivity contribution in [3.05, 3.63) is 41.9 Å². The van der Waals surface area contributed by atoms with Crippen LogP contribution >= 0.6 is 0 Å². The van der Waals surface area contributed by atoms with Crippen molar-refractivity contribution in [2.75, 3.05) is 0 Å². The van der Waals surface area contributed by atoms with Crippen LogP contribution in [0.5, 0.6) is 5.75 Å². The second-order valence-electron chi connectivity index (χ2n) is 5.02. The maximum atomic E-state index is 11.4. The highest BCUT2D eigenvalue weighted by atomic mass is 16.4. The van der Waals surface area contributed by atoms with Gasteiger partial charge in [0, 0.05) is 16.2 Å². The van der Waals surface area contributed by atoms with Crippen molar-refractivity contribution < 1.29 is 33.7 Å². The number of rotatable bonds is 2. The quantitative estimate of drug-likeness (QED) is 0.518. The van der Waals surface area contributed by atoms with Crippen molar-refractivity contribution in [3.8, 4) is 5.75 Å². The van der Waals surface area contributed by atoms with Crippen LogP contribution in [0.15, 0.2) is 39.6 Å². The van der Waals surface area contributed by atoms with Gasteiger partial charge >= 0.3 is 11.9 Å². The van der Waals surface area contributed by atoms with Gasteiger partial charge in [-0.1, -0.05) is 12.1 Å². The fourth-order valence-electron chi connectivity index (χ4n) is 2.88. The Labute approximate surface area is 127 Å². The molecular weight excluding hydrogens is 304 g/mol. The minimum atomic E-state index is -1.27. The standard InChI is InChI=1S/C16H8O7/c17-9-3-1-2-6-10(9)14-12(8(5-23-14)16(20)21)11-7(15(18)19)4-22-13(6)11/h1-5,17H,(H,18,19)(H,20,21). The Morgan fingerprint density at radius 2 is 1.39 bits per heavy atom. The van der Waals surface area contributed by atoms with Gasteiger partial charge in [0.2, 0.25) is 0 Å².